The van der Waals surface area contributed by atoms with E-state index in [1.807, 2.05) is 24.3 Å². The first kappa shape index (κ1) is 11.5. The molecule has 0 aliphatic carbocycles. The predicted molar refractivity (Wildman–Crippen MR) is 65.1 cm³/mol. The van der Waals surface area contributed by atoms with E-state index in [-0.39, 0.29) is 5.69 Å². The molecular formula is C13H14N2O2. The molecule has 2 rings (SSSR count). The van der Waals surface area contributed by atoms with Gasteiger partial charge in [0.1, 0.15) is 5.69 Å². The van der Waals surface area contributed by atoms with Gasteiger partial charge in [-0.2, -0.15) is 0 Å². The molecule has 4 nitrogen and oxygen atoms in total. The minimum Gasteiger partial charge on any atom is -0.288 e. The summed E-state index contributed by atoms with van der Waals surface area (Å²) >= 11 is 0. The van der Waals surface area contributed by atoms with Crippen LogP contribution in [0.2, 0.25) is 0 Å². The number of carbonyl (C=O) groups is 1. The molecule has 88 valence electrons. The van der Waals surface area contributed by atoms with E-state index in [2.05, 4.69) is 18.8 Å². The fourth-order valence-electron chi connectivity index (χ4n) is 1.78. The molecule has 0 saturated heterocycles. The van der Waals surface area contributed by atoms with Gasteiger partial charge in [-0.25, -0.2) is 5.48 Å². The van der Waals surface area contributed by atoms with Gasteiger partial charge in [-0.15, -0.1) is 0 Å². The molecule has 0 aliphatic rings. The molecule has 0 atom stereocenters. The first-order valence-corrected chi connectivity index (χ1v) is 5.46. The molecule has 1 aromatic carbocycles. The van der Waals surface area contributed by atoms with Gasteiger partial charge in [0.05, 0.1) is 0 Å². The maximum absolute atomic E-state index is 11.5. The second-order valence-corrected chi connectivity index (χ2v) is 4.24. The number of nitrogens with zero attached hydrogens (tertiary/aromatic N) is 1. The van der Waals surface area contributed by atoms with E-state index in [1.54, 1.807) is 11.7 Å². The molecule has 1 heterocycles. The summed E-state index contributed by atoms with van der Waals surface area (Å²) in [6.07, 6.45) is 1.56. The fourth-order valence-corrected chi connectivity index (χ4v) is 1.78. The predicted octanol–water partition coefficient (Wildman–Crippen LogP) is 2.48. The topological polar surface area (TPSA) is 62.2 Å². The van der Waals surface area contributed by atoms with Crippen LogP contribution in [0.3, 0.4) is 0 Å². The Kier molecular flexibility index (Phi) is 3.06. The highest BCUT2D eigenvalue weighted by molar-refractivity contribution is 6.04. The van der Waals surface area contributed by atoms with Crippen LogP contribution in [0.15, 0.2) is 30.5 Å². The van der Waals surface area contributed by atoms with Gasteiger partial charge in [0.25, 0.3) is 5.91 Å². The molecule has 1 amide bonds. The molecule has 0 unspecified atom stereocenters. The van der Waals surface area contributed by atoms with E-state index in [4.69, 9.17) is 5.21 Å². The quantitative estimate of drug-likeness (QED) is 0.615. The van der Waals surface area contributed by atoms with Crippen molar-refractivity contribution in [3.05, 3.63) is 41.7 Å². The summed E-state index contributed by atoms with van der Waals surface area (Å²) in [7, 11) is 0. The average molecular weight is 230 g/mol. The molecule has 0 fully saturated rings. The Morgan fingerprint density at radius 2 is 2.12 bits per heavy atom. The van der Waals surface area contributed by atoms with Crippen molar-refractivity contribution in [2.24, 2.45) is 0 Å². The van der Waals surface area contributed by atoms with Crippen LogP contribution in [0.4, 0.5) is 0 Å². The number of fused-ring (bicyclic) bond motifs is 1. The zero-order chi connectivity index (χ0) is 12.4. The van der Waals surface area contributed by atoms with Gasteiger partial charge in [-0.05, 0) is 29.0 Å². The lowest BCUT2D eigenvalue weighted by Gasteiger charge is -2.08. The monoisotopic (exact) mass is 230 g/mol. The number of hydrogen-bond acceptors (Lipinski definition) is 3. The number of rotatable bonds is 2. The van der Waals surface area contributed by atoms with Crippen molar-refractivity contribution in [3.8, 4) is 0 Å². The minimum atomic E-state index is -0.587. The molecule has 1 aromatic heterocycles. The molecule has 0 radical (unpaired) electrons. The normalized spacial score (nSPS) is 10.8. The summed E-state index contributed by atoms with van der Waals surface area (Å²) in [5.41, 5.74) is 3.00. The lowest BCUT2D eigenvalue weighted by Crippen LogP contribution is -2.20. The number of pyridine rings is 1. The van der Waals surface area contributed by atoms with E-state index >= 15 is 0 Å². The van der Waals surface area contributed by atoms with Crippen molar-refractivity contribution in [1.82, 2.24) is 10.5 Å². The van der Waals surface area contributed by atoms with E-state index < -0.39 is 5.91 Å². The van der Waals surface area contributed by atoms with Crippen LogP contribution in [0, 0.1) is 0 Å². The second-order valence-electron chi connectivity index (χ2n) is 4.24. The third-order valence-electron chi connectivity index (χ3n) is 2.77. The van der Waals surface area contributed by atoms with Gasteiger partial charge in [-0.1, -0.05) is 26.0 Å². The third kappa shape index (κ3) is 2.12. The van der Waals surface area contributed by atoms with E-state index in [0.717, 1.165) is 16.3 Å². The van der Waals surface area contributed by atoms with Crippen LogP contribution in [-0.2, 0) is 0 Å². The molecule has 2 N–H and O–H groups in total. The van der Waals surface area contributed by atoms with Crippen molar-refractivity contribution in [2.75, 3.05) is 0 Å². The fraction of sp³-hybridized carbons (Fsp3) is 0.231. The van der Waals surface area contributed by atoms with E-state index in [0.29, 0.717) is 5.92 Å². The highest BCUT2D eigenvalue weighted by atomic mass is 16.5. The van der Waals surface area contributed by atoms with Gasteiger partial charge in [0.2, 0.25) is 0 Å². The molecule has 0 saturated carbocycles. The van der Waals surface area contributed by atoms with Crippen molar-refractivity contribution in [1.29, 1.82) is 0 Å². The molecule has 2 aromatic rings. The van der Waals surface area contributed by atoms with Crippen LogP contribution < -0.4 is 5.48 Å². The largest absolute Gasteiger partial charge is 0.293 e. The summed E-state index contributed by atoms with van der Waals surface area (Å²) in [5, 5.41) is 10.4. The summed E-state index contributed by atoms with van der Waals surface area (Å²) < 4.78 is 0. The van der Waals surface area contributed by atoms with Crippen molar-refractivity contribution < 1.29 is 10.0 Å². The van der Waals surface area contributed by atoms with Crippen LogP contribution >= 0.6 is 0 Å². The number of carbonyl (C=O) groups excluding carboxylic acids is 1. The van der Waals surface area contributed by atoms with Gasteiger partial charge >= 0.3 is 0 Å². The Morgan fingerprint density at radius 3 is 2.76 bits per heavy atom. The molecule has 0 aliphatic heterocycles. The lowest BCUT2D eigenvalue weighted by molar-refractivity contribution is 0.0703. The average Bonchev–Trinajstić information content (AvgIpc) is 2.36. The Labute approximate surface area is 99.3 Å². The first-order chi connectivity index (χ1) is 8.13. The Bertz CT molecular complexity index is 564. The highest BCUT2D eigenvalue weighted by Gasteiger charge is 2.11. The second kappa shape index (κ2) is 4.51. The Hall–Kier alpha value is -1.94. The van der Waals surface area contributed by atoms with Crippen LogP contribution in [0.25, 0.3) is 10.8 Å². The van der Waals surface area contributed by atoms with Crippen molar-refractivity contribution in [2.45, 2.75) is 19.8 Å². The van der Waals surface area contributed by atoms with Gasteiger partial charge in [0.15, 0.2) is 0 Å². The molecule has 0 bridgehead atoms. The zero-order valence-corrected chi connectivity index (χ0v) is 9.77. The van der Waals surface area contributed by atoms with Crippen molar-refractivity contribution >= 4 is 16.7 Å². The standard InChI is InChI=1S/C13H14N2O2/c1-8(2)10-4-3-9-5-6-14-12(11(9)7-10)13(16)15-17/h3-8,17H,1-2H3,(H,15,16). The maximum Gasteiger partial charge on any atom is 0.293 e. The molecule has 4 heteroatoms. The highest BCUT2D eigenvalue weighted by Crippen LogP contribution is 2.23. The smallest absolute Gasteiger partial charge is 0.288 e. The van der Waals surface area contributed by atoms with Gasteiger partial charge in [0, 0.05) is 11.6 Å². The summed E-state index contributed by atoms with van der Waals surface area (Å²) in [5.74, 6) is -0.207. The number of aromatic nitrogens is 1. The number of hydroxylamine groups is 1. The molecule has 17 heavy (non-hydrogen) atoms. The first-order valence-electron chi connectivity index (χ1n) is 5.46. The zero-order valence-electron chi connectivity index (χ0n) is 9.77. The van der Waals surface area contributed by atoms with Crippen molar-refractivity contribution in [3.63, 3.8) is 0 Å². The summed E-state index contributed by atoms with van der Waals surface area (Å²) in [4.78, 5) is 15.5. The minimum absolute atomic E-state index is 0.243. The van der Waals surface area contributed by atoms with E-state index in [1.165, 1.54) is 0 Å². The van der Waals surface area contributed by atoms with Crippen LogP contribution in [0.5, 0.6) is 0 Å². The number of hydrogen-bond donors (Lipinski definition) is 2. The Morgan fingerprint density at radius 1 is 1.35 bits per heavy atom. The van der Waals surface area contributed by atoms with Gasteiger partial charge < -0.3 is 0 Å². The summed E-state index contributed by atoms with van der Waals surface area (Å²) in [6, 6.07) is 7.78. The summed E-state index contributed by atoms with van der Waals surface area (Å²) in [6.45, 7) is 4.17. The number of amides is 1. The Balaban J connectivity index is 2.68. The molecular weight excluding hydrogens is 216 g/mol. The lowest BCUT2D eigenvalue weighted by atomic mass is 9.99. The number of nitrogens with one attached hydrogen (secondary N) is 1. The SMILES string of the molecule is CC(C)c1ccc2ccnc(C(=O)NO)c2c1. The van der Waals surface area contributed by atoms with Crippen LogP contribution in [0.1, 0.15) is 35.8 Å². The maximum atomic E-state index is 11.5. The van der Waals surface area contributed by atoms with Crippen LogP contribution in [-0.4, -0.2) is 16.1 Å². The van der Waals surface area contributed by atoms with Gasteiger partial charge in [-0.3, -0.25) is 15.0 Å². The molecule has 0 spiro atoms. The van der Waals surface area contributed by atoms with E-state index in [9.17, 15) is 4.79 Å². The third-order valence-corrected chi connectivity index (χ3v) is 2.77. The number of benzene rings is 1.